The number of thiophene rings is 1. The zero-order valence-corrected chi connectivity index (χ0v) is 26.3. The molecular weight excluding hydrogens is 489 g/mol. The van der Waals surface area contributed by atoms with Crippen LogP contribution in [0.2, 0.25) is 26.2 Å². The van der Waals surface area contributed by atoms with Crippen molar-refractivity contribution in [1.82, 2.24) is 0 Å². The Labute approximate surface area is 220 Å². The predicted molar refractivity (Wildman–Crippen MR) is 151 cm³/mol. The lowest BCUT2D eigenvalue weighted by molar-refractivity contribution is 0.0653. The Balaban J connectivity index is 2.50. The van der Waals surface area contributed by atoms with Gasteiger partial charge in [0.25, 0.3) is 0 Å². The highest BCUT2D eigenvalue weighted by molar-refractivity contribution is 7.10. The van der Waals surface area contributed by atoms with E-state index in [0.717, 1.165) is 21.8 Å². The van der Waals surface area contributed by atoms with Crippen molar-refractivity contribution in [3.8, 4) is 5.75 Å². The third-order valence-electron chi connectivity index (χ3n) is 5.58. The Kier molecular flexibility index (Phi) is 10.6. The van der Waals surface area contributed by atoms with E-state index in [0.29, 0.717) is 13.0 Å². The van der Waals surface area contributed by atoms with Gasteiger partial charge in [-0.25, -0.2) is 0 Å². The molecule has 0 spiro atoms. The number of carbonyl (C=O) groups excluding carboxylic acids is 1. The second-order valence-electron chi connectivity index (χ2n) is 11.7. The van der Waals surface area contributed by atoms with Gasteiger partial charge in [0.2, 0.25) is 18.1 Å². The van der Waals surface area contributed by atoms with E-state index in [9.17, 15) is 4.79 Å². The lowest BCUT2D eigenvalue weighted by Crippen LogP contribution is -2.31. The second-order valence-corrected chi connectivity index (χ2v) is 16.8. The Morgan fingerprint density at radius 3 is 1.91 bits per heavy atom. The van der Waals surface area contributed by atoms with Gasteiger partial charge in [-0.2, -0.15) is 0 Å². The molecule has 35 heavy (non-hydrogen) atoms. The average Bonchev–Trinajstić information content (AvgIpc) is 3.21. The van der Waals surface area contributed by atoms with Crippen LogP contribution in [0.5, 0.6) is 5.75 Å². The molecule has 194 valence electrons. The van der Waals surface area contributed by atoms with Crippen molar-refractivity contribution >= 4 is 35.2 Å². The predicted octanol–water partition coefficient (Wildman–Crippen LogP) is 8.63. The molecule has 2 aromatic rings. The Hall–Kier alpha value is -1.26. The SMILES string of the molecule is CCC(=O)c1csc(COc2ccc(C(O[Si](C)C)C(C)(C)C)c(C(O[Si](C)C)C(C)(C)C)c2)c1. The van der Waals surface area contributed by atoms with E-state index in [-0.39, 0.29) is 28.8 Å². The van der Waals surface area contributed by atoms with Crippen molar-refractivity contribution in [2.45, 2.75) is 99.9 Å². The fraction of sp³-hybridized carbons (Fsp3) is 0.607. The fourth-order valence-electron chi connectivity index (χ4n) is 3.95. The molecule has 1 aromatic heterocycles. The van der Waals surface area contributed by atoms with E-state index in [1.54, 1.807) is 11.3 Å². The van der Waals surface area contributed by atoms with Crippen LogP contribution in [0.15, 0.2) is 29.6 Å². The topological polar surface area (TPSA) is 44.8 Å². The maximum atomic E-state index is 12.0. The molecule has 0 N–H and O–H groups in total. The number of hydrogen-bond donors (Lipinski definition) is 0. The van der Waals surface area contributed by atoms with Crippen LogP contribution in [0.25, 0.3) is 0 Å². The molecule has 0 bridgehead atoms. The monoisotopic (exact) mass is 532 g/mol. The van der Waals surface area contributed by atoms with E-state index in [1.165, 1.54) is 5.56 Å². The van der Waals surface area contributed by atoms with Gasteiger partial charge < -0.3 is 13.6 Å². The number of carbonyl (C=O) groups is 1. The molecule has 0 aliphatic rings. The highest BCUT2D eigenvalue weighted by atomic mass is 32.1. The van der Waals surface area contributed by atoms with Crippen molar-refractivity contribution in [2.75, 3.05) is 0 Å². The van der Waals surface area contributed by atoms with Crippen LogP contribution in [-0.4, -0.2) is 23.9 Å². The molecule has 0 aliphatic carbocycles. The molecule has 0 saturated carbocycles. The number of rotatable bonds is 11. The molecule has 0 saturated heterocycles. The summed E-state index contributed by atoms with van der Waals surface area (Å²) in [5.41, 5.74) is 2.96. The normalized spacial score (nSPS) is 14.4. The first kappa shape index (κ1) is 30.0. The van der Waals surface area contributed by atoms with Gasteiger partial charge in [-0.15, -0.1) is 11.3 Å². The minimum absolute atomic E-state index is 0.0341. The first-order valence-corrected chi connectivity index (χ1v) is 18.1. The van der Waals surface area contributed by atoms with Crippen molar-refractivity contribution < 1.29 is 18.4 Å². The maximum absolute atomic E-state index is 12.0. The Morgan fingerprint density at radius 2 is 1.43 bits per heavy atom. The highest BCUT2D eigenvalue weighted by Crippen LogP contribution is 2.46. The zero-order valence-electron chi connectivity index (χ0n) is 23.5. The zero-order chi connectivity index (χ0) is 26.6. The Bertz CT molecular complexity index is 970. The van der Waals surface area contributed by atoms with Crippen LogP contribution in [0.3, 0.4) is 0 Å². The van der Waals surface area contributed by atoms with Gasteiger partial charge in [0.05, 0.1) is 12.2 Å². The van der Waals surface area contributed by atoms with Gasteiger partial charge in [0.15, 0.2) is 5.78 Å². The number of benzene rings is 1. The lowest BCUT2D eigenvalue weighted by Gasteiger charge is -2.39. The summed E-state index contributed by atoms with van der Waals surface area (Å²) in [6.45, 7) is 24.5. The van der Waals surface area contributed by atoms with Gasteiger partial charge in [-0.05, 0) is 66.3 Å². The molecule has 2 unspecified atom stereocenters. The highest BCUT2D eigenvalue weighted by Gasteiger charge is 2.36. The molecule has 0 aliphatic heterocycles. The molecule has 0 fully saturated rings. The van der Waals surface area contributed by atoms with Gasteiger partial charge in [0.1, 0.15) is 12.4 Å². The maximum Gasteiger partial charge on any atom is 0.205 e. The first-order valence-electron chi connectivity index (χ1n) is 12.4. The lowest BCUT2D eigenvalue weighted by atomic mass is 9.77. The summed E-state index contributed by atoms with van der Waals surface area (Å²) in [5, 5.41) is 1.93. The van der Waals surface area contributed by atoms with Crippen LogP contribution >= 0.6 is 11.3 Å². The summed E-state index contributed by atoms with van der Waals surface area (Å²) in [6.07, 6.45) is 0.413. The van der Waals surface area contributed by atoms with Gasteiger partial charge in [-0.1, -0.05) is 54.5 Å². The standard InChI is InChI=1S/C28H44O4SSi2/c1-12-24(29)19-15-21(33-18-19)17-30-20-13-14-22(25(27(2,3)4)31-34(8)9)23(16-20)26(28(5,6)7)32-35(10)11/h13-16,18,25-26H,12,17H2,1-11H3. The van der Waals surface area contributed by atoms with Gasteiger partial charge >= 0.3 is 0 Å². The third kappa shape index (κ3) is 8.67. The summed E-state index contributed by atoms with van der Waals surface area (Å²) < 4.78 is 19.5. The number of hydrogen-bond acceptors (Lipinski definition) is 5. The summed E-state index contributed by atoms with van der Waals surface area (Å²) in [6, 6.07) is 8.33. The average molecular weight is 533 g/mol. The van der Waals surface area contributed by atoms with Crippen LogP contribution in [0.4, 0.5) is 0 Å². The third-order valence-corrected chi connectivity index (χ3v) is 7.91. The van der Waals surface area contributed by atoms with E-state index in [1.807, 2.05) is 24.4 Å². The van der Waals surface area contributed by atoms with Crippen LogP contribution in [0, 0.1) is 10.8 Å². The molecule has 4 nitrogen and oxygen atoms in total. The molecule has 2 radical (unpaired) electrons. The van der Waals surface area contributed by atoms with Crippen LogP contribution in [-0.2, 0) is 15.5 Å². The van der Waals surface area contributed by atoms with Crippen molar-refractivity contribution in [3.63, 3.8) is 0 Å². The largest absolute Gasteiger partial charge is 0.488 e. The van der Waals surface area contributed by atoms with Crippen LogP contribution < -0.4 is 4.74 Å². The quantitative estimate of drug-likeness (QED) is 0.215. The summed E-state index contributed by atoms with van der Waals surface area (Å²) in [7, 11) is -1.86. The minimum Gasteiger partial charge on any atom is -0.488 e. The number of Topliss-reactive ketones (excluding diaryl/α,β-unsaturated/α-hetero) is 1. The van der Waals surface area contributed by atoms with Crippen molar-refractivity contribution in [3.05, 3.63) is 51.2 Å². The van der Waals surface area contributed by atoms with E-state index < -0.39 is 18.1 Å². The van der Waals surface area contributed by atoms with Gasteiger partial charge in [0, 0.05) is 22.2 Å². The van der Waals surface area contributed by atoms with E-state index in [4.69, 9.17) is 13.6 Å². The van der Waals surface area contributed by atoms with Gasteiger partial charge in [-0.3, -0.25) is 4.79 Å². The van der Waals surface area contributed by atoms with Crippen LogP contribution in [0.1, 0.15) is 93.5 Å². The second kappa shape index (κ2) is 12.3. The number of ether oxygens (including phenoxy) is 1. The molecule has 1 aromatic carbocycles. The molecular formula is C28H44O4SSi2. The summed E-state index contributed by atoms with van der Waals surface area (Å²) in [5.74, 6) is 0.979. The molecule has 2 atom stereocenters. The molecule has 0 amide bonds. The molecule has 2 rings (SSSR count). The van der Waals surface area contributed by atoms with E-state index in [2.05, 4.69) is 79.9 Å². The van der Waals surface area contributed by atoms with Crippen molar-refractivity contribution in [1.29, 1.82) is 0 Å². The minimum atomic E-state index is -0.943. The van der Waals surface area contributed by atoms with Crippen molar-refractivity contribution in [2.24, 2.45) is 10.8 Å². The number of ketones is 1. The summed E-state index contributed by atoms with van der Waals surface area (Å²) >= 11 is 1.57. The molecule has 7 heteroatoms. The Morgan fingerprint density at radius 1 is 0.886 bits per heavy atom. The summed E-state index contributed by atoms with van der Waals surface area (Å²) in [4.78, 5) is 13.1. The molecule has 1 heterocycles. The fourth-order valence-corrected chi connectivity index (χ4v) is 6.66. The first-order chi connectivity index (χ1) is 16.1. The van der Waals surface area contributed by atoms with E-state index >= 15 is 0 Å². The smallest absolute Gasteiger partial charge is 0.205 e.